The van der Waals surface area contributed by atoms with Gasteiger partial charge in [-0.2, -0.15) is 0 Å². The Morgan fingerprint density at radius 3 is 2.50 bits per heavy atom. The van der Waals surface area contributed by atoms with Crippen molar-refractivity contribution in [2.45, 2.75) is 19.1 Å². The fourth-order valence-corrected chi connectivity index (χ4v) is 2.37. The summed E-state index contributed by atoms with van der Waals surface area (Å²) in [5.41, 5.74) is 0.350. The lowest BCUT2D eigenvalue weighted by Gasteiger charge is -2.10. The Hall–Kier alpha value is -0.880. The average Bonchev–Trinajstić information content (AvgIpc) is 2.29. The molecule has 0 saturated carbocycles. The Balaban J connectivity index is 3.05. The number of rotatable bonds is 5. The molecule has 0 aliphatic heterocycles. The van der Waals surface area contributed by atoms with E-state index in [0.29, 0.717) is 22.4 Å². The lowest BCUT2D eigenvalue weighted by atomic mass is 10.1. The molecule has 0 N–H and O–H groups in total. The van der Waals surface area contributed by atoms with Crippen molar-refractivity contribution in [3.8, 4) is 5.75 Å². The zero-order valence-electron chi connectivity index (χ0n) is 10.4. The summed E-state index contributed by atoms with van der Waals surface area (Å²) >= 11 is 3.29. The highest BCUT2D eigenvalue weighted by Gasteiger charge is 2.25. The van der Waals surface area contributed by atoms with E-state index < -0.39 is 20.9 Å². The summed E-state index contributed by atoms with van der Waals surface area (Å²) in [5, 5.41) is -1.04. The first-order chi connectivity index (χ1) is 8.27. The molecule has 1 aromatic carbocycles. The zero-order valence-corrected chi connectivity index (χ0v) is 12.8. The second-order valence-corrected chi connectivity index (χ2v) is 7.13. The average molecular weight is 335 g/mol. The van der Waals surface area contributed by atoms with Crippen LogP contribution >= 0.6 is 15.9 Å². The van der Waals surface area contributed by atoms with Crippen molar-refractivity contribution in [3.05, 3.63) is 28.2 Å². The molecule has 0 heterocycles. The van der Waals surface area contributed by atoms with Crippen LogP contribution in [-0.4, -0.2) is 32.3 Å². The largest absolute Gasteiger partial charge is 0.493 e. The van der Waals surface area contributed by atoms with Crippen LogP contribution < -0.4 is 4.74 Å². The molecule has 1 atom stereocenters. The van der Waals surface area contributed by atoms with Crippen molar-refractivity contribution in [3.63, 3.8) is 0 Å². The van der Waals surface area contributed by atoms with E-state index in [9.17, 15) is 13.2 Å². The van der Waals surface area contributed by atoms with Gasteiger partial charge in [0.2, 0.25) is 0 Å². The number of Topliss-reactive ketones (excluding diaryl/α,β-unsaturated/α-hetero) is 1. The van der Waals surface area contributed by atoms with Gasteiger partial charge in [0.1, 0.15) is 11.0 Å². The molecule has 4 nitrogen and oxygen atoms in total. The smallest absolute Gasteiger partial charge is 0.180 e. The number of hydrogen-bond donors (Lipinski definition) is 0. The van der Waals surface area contributed by atoms with Crippen LogP contribution in [-0.2, 0) is 9.84 Å². The third-order valence-corrected chi connectivity index (χ3v) is 4.65. The van der Waals surface area contributed by atoms with Gasteiger partial charge in [-0.05, 0) is 48.0 Å². The van der Waals surface area contributed by atoms with E-state index in [0.717, 1.165) is 6.26 Å². The van der Waals surface area contributed by atoms with Gasteiger partial charge in [0.05, 0.1) is 11.1 Å². The molecule has 100 valence electrons. The van der Waals surface area contributed by atoms with Gasteiger partial charge >= 0.3 is 0 Å². The molecule has 0 fully saturated rings. The number of carbonyl (C=O) groups is 1. The highest BCUT2D eigenvalue weighted by molar-refractivity contribution is 9.10. The van der Waals surface area contributed by atoms with Gasteiger partial charge in [0.15, 0.2) is 15.6 Å². The molecule has 18 heavy (non-hydrogen) atoms. The van der Waals surface area contributed by atoms with Gasteiger partial charge in [0, 0.05) is 11.8 Å². The number of ketones is 1. The maximum absolute atomic E-state index is 12.0. The Labute approximate surface area is 115 Å². The summed E-state index contributed by atoms with van der Waals surface area (Å²) in [5.74, 6) is 0.210. The molecule has 0 saturated heterocycles. The molecule has 0 bridgehead atoms. The minimum atomic E-state index is -3.38. The second kappa shape index (κ2) is 5.84. The molecule has 6 heteroatoms. The fourth-order valence-electron chi connectivity index (χ4n) is 1.36. The van der Waals surface area contributed by atoms with Crippen molar-refractivity contribution < 1.29 is 17.9 Å². The minimum Gasteiger partial charge on any atom is -0.493 e. The molecule has 1 aromatic rings. The SMILES string of the molecule is CCOc1ccc(C(=O)C(C)S(C)(=O)=O)cc1Br. The number of sulfone groups is 1. The highest BCUT2D eigenvalue weighted by Crippen LogP contribution is 2.26. The van der Waals surface area contributed by atoms with Crippen LogP contribution in [0.15, 0.2) is 22.7 Å². The normalized spacial score (nSPS) is 13.1. The van der Waals surface area contributed by atoms with Gasteiger partial charge in [-0.15, -0.1) is 0 Å². The number of halogens is 1. The van der Waals surface area contributed by atoms with E-state index in [4.69, 9.17) is 4.74 Å². The van der Waals surface area contributed by atoms with E-state index in [1.165, 1.54) is 6.92 Å². The molecule has 0 spiro atoms. The van der Waals surface area contributed by atoms with Crippen molar-refractivity contribution in [2.24, 2.45) is 0 Å². The second-order valence-electron chi connectivity index (χ2n) is 3.91. The molecule has 0 radical (unpaired) electrons. The Morgan fingerprint density at radius 2 is 2.06 bits per heavy atom. The molecule has 0 aliphatic rings. The van der Waals surface area contributed by atoms with Crippen LogP contribution in [0.1, 0.15) is 24.2 Å². The fraction of sp³-hybridized carbons (Fsp3) is 0.417. The zero-order chi connectivity index (χ0) is 13.9. The van der Waals surface area contributed by atoms with Crippen LogP contribution in [0.3, 0.4) is 0 Å². The number of benzene rings is 1. The Bertz CT molecular complexity index is 551. The van der Waals surface area contributed by atoms with Crippen molar-refractivity contribution >= 4 is 31.6 Å². The third kappa shape index (κ3) is 3.55. The van der Waals surface area contributed by atoms with Gasteiger partial charge in [-0.25, -0.2) is 8.42 Å². The quantitative estimate of drug-likeness (QED) is 0.776. The minimum absolute atomic E-state index is 0.350. The van der Waals surface area contributed by atoms with Crippen molar-refractivity contribution in [1.82, 2.24) is 0 Å². The molecule has 1 unspecified atom stereocenters. The van der Waals surface area contributed by atoms with Gasteiger partial charge < -0.3 is 4.74 Å². The summed E-state index contributed by atoms with van der Waals surface area (Å²) in [7, 11) is -3.38. The summed E-state index contributed by atoms with van der Waals surface area (Å²) in [6, 6.07) is 4.80. The molecule has 1 rings (SSSR count). The monoisotopic (exact) mass is 334 g/mol. The molecular formula is C12H15BrO4S. The lowest BCUT2D eigenvalue weighted by molar-refractivity contribution is 0.0991. The van der Waals surface area contributed by atoms with Crippen LogP contribution in [0, 0.1) is 0 Å². The van der Waals surface area contributed by atoms with E-state index in [1.807, 2.05) is 6.92 Å². The summed E-state index contributed by atoms with van der Waals surface area (Å²) < 4.78 is 28.6. The van der Waals surface area contributed by atoms with Crippen LogP contribution in [0.5, 0.6) is 5.75 Å². The first kappa shape index (κ1) is 15.2. The Morgan fingerprint density at radius 1 is 1.44 bits per heavy atom. The van der Waals surface area contributed by atoms with Crippen LogP contribution in [0.25, 0.3) is 0 Å². The van der Waals surface area contributed by atoms with E-state index >= 15 is 0 Å². The first-order valence-corrected chi connectivity index (χ1v) is 8.17. The van der Waals surface area contributed by atoms with Gasteiger partial charge in [-0.3, -0.25) is 4.79 Å². The Kier molecular flexibility index (Phi) is 4.92. The number of ether oxygens (including phenoxy) is 1. The maximum atomic E-state index is 12.0. The third-order valence-electron chi connectivity index (χ3n) is 2.53. The summed E-state index contributed by atoms with van der Waals surface area (Å²) in [6.07, 6.45) is 1.05. The number of hydrogen-bond acceptors (Lipinski definition) is 4. The predicted molar refractivity (Wildman–Crippen MR) is 73.9 cm³/mol. The predicted octanol–water partition coefficient (Wildman–Crippen LogP) is 2.46. The first-order valence-electron chi connectivity index (χ1n) is 5.42. The molecule has 0 amide bonds. The van der Waals surface area contributed by atoms with Crippen molar-refractivity contribution in [2.75, 3.05) is 12.9 Å². The summed E-state index contributed by atoms with van der Waals surface area (Å²) in [4.78, 5) is 12.0. The number of carbonyl (C=O) groups excluding carboxylic acids is 1. The topological polar surface area (TPSA) is 60.4 Å². The van der Waals surface area contributed by atoms with Gasteiger partial charge in [-0.1, -0.05) is 0 Å². The lowest BCUT2D eigenvalue weighted by Crippen LogP contribution is -2.26. The highest BCUT2D eigenvalue weighted by atomic mass is 79.9. The van der Waals surface area contributed by atoms with E-state index in [-0.39, 0.29) is 0 Å². The van der Waals surface area contributed by atoms with E-state index in [1.54, 1.807) is 18.2 Å². The molecular weight excluding hydrogens is 320 g/mol. The summed E-state index contributed by atoms with van der Waals surface area (Å²) in [6.45, 7) is 3.77. The van der Waals surface area contributed by atoms with Crippen molar-refractivity contribution in [1.29, 1.82) is 0 Å². The maximum Gasteiger partial charge on any atom is 0.180 e. The standard InChI is InChI=1S/C12H15BrO4S/c1-4-17-11-6-5-9(7-10(11)13)12(14)8(2)18(3,15)16/h5-8H,4H2,1-3H3. The van der Waals surface area contributed by atoms with Crippen LogP contribution in [0.2, 0.25) is 0 Å². The van der Waals surface area contributed by atoms with Crippen LogP contribution in [0.4, 0.5) is 0 Å². The van der Waals surface area contributed by atoms with E-state index in [2.05, 4.69) is 15.9 Å². The molecule has 0 aromatic heterocycles. The van der Waals surface area contributed by atoms with Gasteiger partial charge in [0.25, 0.3) is 0 Å². The molecule has 0 aliphatic carbocycles.